The Labute approximate surface area is 118 Å². The van der Waals surface area contributed by atoms with Crippen LogP contribution < -0.4 is 5.32 Å². The summed E-state index contributed by atoms with van der Waals surface area (Å²) < 4.78 is 0. The first kappa shape index (κ1) is 15.4. The number of halogens is 1. The highest BCUT2D eigenvalue weighted by molar-refractivity contribution is 6.29. The van der Waals surface area contributed by atoms with E-state index in [1.54, 1.807) is 19.2 Å². The van der Waals surface area contributed by atoms with Crippen molar-refractivity contribution in [1.29, 1.82) is 0 Å². The van der Waals surface area contributed by atoms with Crippen molar-refractivity contribution < 1.29 is 9.59 Å². The Kier molecular flexibility index (Phi) is 5.76. The molecule has 5 nitrogen and oxygen atoms in total. The highest BCUT2D eigenvalue weighted by Crippen LogP contribution is 2.07. The summed E-state index contributed by atoms with van der Waals surface area (Å²) in [6.45, 7) is 4.64. The van der Waals surface area contributed by atoms with Gasteiger partial charge in [-0.1, -0.05) is 25.4 Å². The molecule has 0 aliphatic carbocycles. The Hall–Kier alpha value is -1.62. The first-order chi connectivity index (χ1) is 8.90. The van der Waals surface area contributed by atoms with E-state index >= 15 is 0 Å². The van der Waals surface area contributed by atoms with Gasteiger partial charge in [-0.05, 0) is 18.1 Å². The second-order valence-electron chi connectivity index (χ2n) is 4.73. The number of likely N-dealkylation sites (N-methyl/N-ethyl adjacent to an activating group) is 1. The molecule has 0 atom stereocenters. The lowest BCUT2D eigenvalue weighted by molar-refractivity contribution is -0.121. The Balaban J connectivity index is 2.53. The number of carbonyl (C=O) groups excluding carboxylic acids is 2. The number of hydrogen-bond acceptors (Lipinski definition) is 3. The number of rotatable bonds is 5. The van der Waals surface area contributed by atoms with Crippen LogP contribution in [0.2, 0.25) is 5.15 Å². The van der Waals surface area contributed by atoms with Crippen molar-refractivity contribution in [3.05, 3.63) is 29.0 Å². The zero-order valence-corrected chi connectivity index (χ0v) is 12.1. The van der Waals surface area contributed by atoms with Crippen molar-refractivity contribution in [1.82, 2.24) is 15.2 Å². The molecule has 0 aromatic carbocycles. The second-order valence-corrected chi connectivity index (χ2v) is 5.12. The molecule has 1 aromatic heterocycles. The van der Waals surface area contributed by atoms with E-state index in [0.29, 0.717) is 23.2 Å². The van der Waals surface area contributed by atoms with Gasteiger partial charge in [0.15, 0.2) is 0 Å². The second kappa shape index (κ2) is 7.09. The first-order valence-electron chi connectivity index (χ1n) is 6.04. The molecule has 1 N–H and O–H groups in total. The van der Waals surface area contributed by atoms with Crippen LogP contribution in [0.1, 0.15) is 24.2 Å². The van der Waals surface area contributed by atoms with Gasteiger partial charge < -0.3 is 10.2 Å². The van der Waals surface area contributed by atoms with Crippen LogP contribution in [0.15, 0.2) is 18.3 Å². The molecule has 0 radical (unpaired) electrons. The molecule has 0 bridgehead atoms. The van der Waals surface area contributed by atoms with Gasteiger partial charge in [0.25, 0.3) is 5.91 Å². The summed E-state index contributed by atoms with van der Waals surface area (Å²) in [4.78, 5) is 28.8. The van der Waals surface area contributed by atoms with E-state index in [4.69, 9.17) is 11.6 Å². The predicted molar refractivity (Wildman–Crippen MR) is 74.1 cm³/mol. The highest BCUT2D eigenvalue weighted by Gasteiger charge is 2.15. The number of aromatic nitrogens is 1. The summed E-state index contributed by atoms with van der Waals surface area (Å²) in [5.41, 5.74) is 0.406. The number of nitrogens with one attached hydrogen (secondary N) is 1. The molecule has 1 aromatic rings. The molecule has 0 aliphatic heterocycles. The molecule has 104 valence electrons. The fourth-order valence-electron chi connectivity index (χ4n) is 1.38. The van der Waals surface area contributed by atoms with Crippen LogP contribution in [-0.2, 0) is 4.79 Å². The first-order valence-corrected chi connectivity index (χ1v) is 6.41. The van der Waals surface area contributed by atoms with Gasteiger partial charge in [0.05, 0.1) is 12.1 Å². The van der Waals surface area contributed by atoms with E-state index in [9.17, 15) is 9.59 Å². The molecule has 6 heteroatoms. The maximum Gasteiger partial charge on any atom is 0.255 e. The Morgan fingerprint density at radius 2 is 2.11 bits per heavy atom. The van der Waals surface area contributed by atoms with Crippen LogP contribution in [0.4, 0.5) is 0 Å². The highest BCUT2D eigenvalue weighted by atomic mass is 35.5. The number of amides is 2. The zero-order valence-electron chi connectivity index (χ0n) is 11.3. The fourth-order valence-corrected chi connectivity index (χ4v) is 1.50. The molecule has 0 saturated carbocycles. The van der Waals surface area contributed by atoms with Crippen molar-refractivity contribution in [2.24, 2.45) is 5.92 Å². The standard InChI is InChI=1S/C13H18ClN3O2/c1-9(2)6-16-12(18)8-17(3)13(19)10-4-5-11(14)15-7-10/h4-5,7,9H,6,8H2,1-3H3,(H,16,18). The normalized spacial score (nSPS) is 10.4. The Morgan fingerprint density at radius 1 is 1.42 bits per heavy atom. The smallest absolute Gasteiger partial charge is 0.255 e. The molecule has 0 spiro atoms. The molecule has 1 rings (SSSR count). The van der Waals surface area contributed by atoms with Crippen LogP contribution >= 0.6 is 11.6 Å². The van der Waals surface area contributed by atoms with Crippen molar-refractivity contribution in [3.63, 3.8) is 0 Å². The van der Waals surface area contributed by atoms with Crippen molar-refractivity contribution in [3.8, 4) is 0 Å². The van der Waals surface area contributed by atoms with Gasteiger partial charge in [-0.15, -0.1) is 0 Å². The molecular weight excluding hydrogens is 266 g/mol. The molecule has 0 saturated heterocycles. The quantitative estimate of drug-likeness (QED) is 0.835. The number of nitrogens with zero attached hydrogens (tertiary/aromatic N) is 2. The number of hydrogen-bond donors (Lipinski definition) is 1. The van der Waals surface area contributed by atoms with Crippen LogP contribution in [-0.4, -0.2) is 41.8 Å². The predicted octanol–water partition coefficient (Wildman–Crippen LogP) is 1.58. The fraction of sp³-hybridized carbons (Fsp3) is 0.462. The monoisotopic (exact) mass is 283 g/mol. The van der Waals surface area contributed by atoms with Crippen molar-refractivity contribution in [2.45, 2.75) is 13.8 Å². The van der Waals surface area contributed by atoms with Gasteiger partial charge in [0.1, 0.15) is 5.15 Å². The largest absolute Gasteiger partial charge is 0.354 e. The summed E-state index contributed by atoms with van der Waals surface area (Å²) in [6, 6.07) is 3.13. The third-order valence-electron chi connectivity index (χ3n) is 2.41. The van der Waals surface area contributed by atoms with Gasteiger partial charge in [0, 0.05) is 19.8 Å². The molecular formula is C13H18ClN3O2. The minimum Gasteiger partial charge on any atom is -0.354 e. The molecule has 0 aliphatic rings. The average molecular weight is 284 g/mol. The van der Waals surface area contributed by atoms with Crippen LogP contribution in [0.25, 0.3) is 0 Å². The molecule has 19 heavy (non-hydrogen) atoms. The Bertz CT molecular complexity index is 446. The van der Waals surface area contributed by atoms with Crippen LogP contribution in [0.3, 0.4) is 0 Å². The molecule has 0 fully saturated rings. The van der Waals surface area contributed by atoms with E-state index in [1.165, 1.54) is 11.1 Å². The van der Waals surface area contributed by atoms with Crippen LogP contribution in [0, 0.1) is 5.92 Å². The summed E-state index contributed by atoms with van der Waals surface area (Å²) in [5, 5.41) is 3.09. The topological polar surface area (TPSA) is 62.3 Å². The van der Waals surface area contributed by atoms with Gasteiger partial charge >= 0.3 is 0 Å². The van der Waals surface area contributed by atoms with Gasteiger partial charge in [-0.2, -0.15) is 0 Å². The average Bonchev–Trinajstić information content (AvgIpc) is 2.36. The summed E-state index contributed by atoms with van der Waals surface area (Å²) in [5.74, 6) is -0.0549. The Morgan fingerprint density at radius 3 is 2.63 bits per heavy atom. The SMILES string of the molecule is CC(C)CNC(=O)CN(C)C(=O)c1ccc(Cl)nc1. The lowest BCUT2D eigenvalue weighted by Crippen LogP contribution is -2.39. The summed E-state index contributed by atoms with van der Waals surface area (Å²) in [7, 11) is 1.58. The molecule has 1 heterocycles. The molecule has 2 amide bonds. The maximum absolute atomic E-state index is 12.0. The summed E-state index contributed by atoms with van der Waals surface area (Å²) in [6.07, 6.45) is 1.40. The van der Waals surface area contributed by atoms with E-state index in [-0.39, 0.29) is 18.4 Å². The lowest BCUT2D eigenvalue weighted by atomic mass is 10.2. The van der Waals surface area contributed by atoms with Gasteiger partial charge in [-0.25, -0.2) is 4.98 Å². The minimum absolute atomic E-state index is 0.0220. The maximum atomic E-state index is 12.0. The lowest BCUT2D eigenvalue weighted by Gasteiger charge is -2.17. The third kappa shape index (κ3) is 5.26. The number of carbonyl (C=O) groups is 2. The van der Waals surface area contributed by atoms with Crippen molar-refractivity contribution in [2.75, 3.05) is 20.1 Å². The van der Waals surface area contributed by atoms with E-state index in [0.717, 1.165) is 0 Å². The zero-order chi connectivity index (χ0) is 14.4. The molecule has 0 unspecified atom stereocenters. The van der Waals surface area contributed by atoms with E-state index < -0.39 is 0 Å². The number of pyridine rings is 1. The summed E-state index contributed by atoms with van der Waals surface area (Å²) >= 11 is 5.65. The minimum atomic E-state index is -0.260. The van der Waals surface area contributed by atoms with E-state index in [2.05, 4.69) is 10.3 Å². The third-order valence-corrected chi connectivity index (χ3v) is 2.63. The van der Waals surface area contributed by atoms with Crippen LogP contribution in [0.5, 0.6) is 0 Å². The van der Waals surface area contributed by atoms with Gasteiger partial charge in [-0.3, -0.25) is 9.59 Å². The van der Waals surface area contributed by atoms with E-state index in [1.807, 2.05) is 13.8 Å². The van der Waals surface area contributed by atoms with Gasteiger partial charge in [0.2, 0.25) is 5.91 Å². The van der Waals surface area contributed by atoms with Crippen molar-refractivity contribution >= 4 is 23.4 Å².